The van der Waals surface area contributed by atoms with Crippen LogP contribution in [0.5, 0.6) is 0 Å². The van der Waals surface area contributed by atoms with Gasteiger partial charge in [-0.3, -0.25) is 0 Å². The third-order valence-electron chi connectivity index (χ3n) is 4.63. The van der Waals surface area contributed by atoms with E-state index in [2.05, 4.69) is 54.8 Å². The molecule has 0 unspecified atom stereocenters. The molecule has 0 amide bonds. The minimum Gasteiger partial charge on any atom is -0.192 e. The number of nitriles is 2. The minimum atomic E-state index is 0.487. The van der Waals surface area contributed by atoms with Gasteiger partial charge in [-0.15, -0.1) is 0 Å². The van der Waals surface area contributed by atoms with Crippen LogP contribution in [-0.4, -0.2) is 0 Å². The van der Waals surface area contributed by atoms with Crippen LogP contribution in [0.2, 0.25) is 0 Å². The summed E-state index contributed by atoms with van der Waals surface area (Å²) in [5, 5.41) is 18.2. The topological polar surface area (TPSA) is 51.5 Å². The fourth-order valence-corrected chi connectivity index (χ4v) is 3.23. The molecule has 3 nitrogen and oxygen atoms in total. The molecule has 1 heterocycles. The standard InChI is InChI=1S/C27H24N3/c1-21(2)20-30-26(14-12-22-6-3-8-24(16-22)18-28)10-5-11-27(30)15-13-23-7-4-9-25(17-23)19-29/h3-17,21H,20H2,1-2H3/q+1/b14-12+,15-13+. The van der Waals surface area contributed by atoms with Crippen LogP contribution in [0.25, 0.3) is 24.3 Å². The average molecular weight is 391 g/mol. The monoisotopic (exact) mass is 390 g/mol. The number of pyridine rings is 1. The molecule has 3 aromatic rings. The first-order chi connectivity index (χ1) is 14.6. The number of hydrogen-bond donors (Lipinski definition) is 0. The summed E-state index contributed by atoms with van der Waals surface area (Å²) < 4.78 is 2.29. The van der Waals surface area contributed by atoms with Crippen LogP contribution in [0.1, 0.15) is 47.5 Å². The van der Waals surface area contributed by atoms with Crippen LogP contribution in [0.15, 0.2) is 66.7 Å². The molecule has 30 heavy (non-hydrogen) atoms. The van der Waals surface area contributed by atoms with E-state index in [0.29, 0.717) is 17.0 Å². The van der Waals surface area contributed by atoms with E-state index < -0.39 is 0 Å². The molecule has 0 radical (unpaired) electrons. The van der Waals surface area contributed by atoms with Crippen LogP contribution in [0.3, 0.4) is 0 Å². The normalized spacial score (nSPS) is 11.1. The maximum atomic E-state index is 9.11. The summed E-state index contributed by atoms with van der Waals surface area (Å²) in [5.41, 5.74) is 5.50. The van der Waals surface area contributed by atoms with Crippen molar-refractivity contribution in [2.75, 3.05) is 0 Å². The summed E-state index contributed by atoms with van der Waals surface area (Å²) in [6, 6.07) is 25.8. The Balaban J connectivity index is 1.96. The first-order valence-corrected chi connectivity index (χ1v) is 9.98. The molecule has 2 aromatic carbocycles. The Morgan fingerprint density at radius 3 is 1.63 bits per heavy atom. The van der Waals surface area contributed by atoms with E-state index in [1.54, 1.807) is 0 Å². The summed E-state index contributed by atoms with van der Waals surface area (Å²) in [4.78, 5) is 0. The van der Waals surface area contributed by atoms with Crippen molar-refractivity contribution in [3.63, 3.8) is 0 Å². The molecule has 0 N–H and O–H groups in total. The Morgan fingerprint density at radius 2 is 1.20 bits per heavy atom. The summed E-state index contributed by atoms with van der Waals surface area (Å²) in [6.45, 7) is 5.29. The molecule has 0 atom stereocenters. The molecular formula is C27H24N3+. The molecule has 0 aliphatic carbocycles. The van der Waals surface area contributed by atoms with E-state index in [1.165, 1.54) is 0 Å². The van der Waals surface area contributed by atoms with Crippen molar-refractivity contribution in [1.82, 2.24) is 0 Å². The van der Waals surface area contributed by atoms with Crippen molar-refractivity contribution in [3.8, 4) is 12.1 Å². The summed E-state index contributed by atoms with van der Waals surface area (Å²) >= 11 is 0. The second-order valence-corrected chi connectivity index (χ2v) is 7.52. The molecule has 0 spiro atoms. The molecule has 0 bridgehead atoms. The van der Waals surface area contributed by atoms with Gasteiger partial charge in [0.15, 0.2) is 6.54 Å². The Labute approximate surface area is 178 Å². The zero-order chi connectivity index (χ0) is 21.3. The van der Waals surface area contributed by atoms with Crippen molar-refractivity contribution in [2.24, 2.45) is 5.92 Å². The molecule has 0 saturated carbocycles. The molecular weight excluding hydrogens is 366 g/mol. The third kappa shape index (κ3) is 5.53. The first-order valence-electron chi connectivity index (χ1n) is 9.98. The second-order valence-electron chi connectivity index (χ2n) is 7.52. The molecule has 1 aromatic heterocycles. The number of nitrogens with zero attached hydrogens (tertiary/aromatic N) is 3. The quantitative estimate of drug-likeness (QED) is 0.506. The Morgan fingerprint density at radius 1 is 0.733 bits per heavy atom. The van der Waals surface area contributed by atoms with Gasteiger partial charge in [0.2, 0.25) is 11.4 Å². The fraction of sp³-hybridized carbons (Fsp3) is 0.148. The molecule has 3 rings (SSSR count). The van der Waals surface area contributed by atoms with Crippen molar-refractivity contribution >= 4 is 24.3 Å². The number of hydrogen-bond acceptors (Lipinski definition) is 2. The molecule has 146 valence electrons. The van der Waals surface area contributed by atoms with E-state index in [0.717, 1.165) is 29.1 Å². The Kier molecular flexibility index (Phi) is 6.93. The lowest BCUT2D eigenvalue weighted by Gasteiger charge is -2.07. The first kappa shape index (κ1) is 20.8. The average Bonchev–Trinajstić information content (AvgIpc) is 2.77. The van der Waals surface area contributed by atoms with Crippen molar-refractivity contribution < 1.29 is 4.57 Å². The maximum absolute atomic E-state index is 9.11. The predicted octanol–water partition coefficient (Wildman–Crippen LogP) is 5.71. The van der Waals surface area contributed by atoms with E-state index in [4.69, 9.17) is 10.5 Å². The van der Waals surface area contributed by atoms with E-state index in [9.17, 15) is 0 Å². The SMILES string of the molecule is CC(C)C[n+]1c(/C=C/c2cccc(C#N)c2)cccc1/C=C/c1cccc(C#N)c1. The molecule has 3 heteroatoms. The van der Waals surface area contributed by atoms with Crippen LogP contribution in [0, 0.1) is 28.6 Å². The lowest BCUT2D eigenvalue weighted by molar-refractivity contribution is -0.705. The second kappa shape index (κ2) is 10.0. The number of benzene rings is 2. The highest BCUT2D eigenvalue weighted by Crippen LogP contribution is 2.12. The summed E-state index contributed by atoms with van der Waals surface area (Å²) in [7, 11) is 0. The fourth-order valence-electron chi connectivity index (χ4n) is 3.23. The molecule has 0 saturated heterocycles. The highest BCUT2D eigenvalue weighted by atomic mass is 15.0. The third-order valence-corrected chi connectivity index (χ3v) is 4.63. The predicted molar refractivity (Wildman–Crippen MR) is 122 cm³/mol. The van der Waals surface area contributed by atoms with Gasteiger partial charge < -0.3 is 0 Å². The van der Waals surface area contributed by atoms with Gasteiger partial charge in [-0.25, -0.2) is 0 Å². The number of aromatic nitrogens is 1. The molecule has 0 aliphatic rings. The van der Waals surface area contributed by atoms with Gasteiger partial charge in [-0.2, -0.15) is 15.1 Å². The number of rotatable bonds is 6. The van der Waals surface area contributed by atoms with Gasteiger partial charge in [0.1, 0.15) is 0 Å². The van der Waals surface area contributed by atoms with Gasteiger partial charge in [-0.1, -0.05) is 38.1 Å². The van der Waals surface area contributed by atoms with Gasteiger partial charge in [0.25, 0.3) is 0 Å². The zero-order valence-electron chi connectivity index (χ0n) is 17.3. The van der Waals surface area contributed by atoms with Gasteiger partial charge >= 0.3 is 0 Å². The largest absolute Gasteiger partial charge is 0.205 e. The highest BCUT2D eigenvalue weighted by molar-refractivity contribution is 5.70. The van der Waals surface area contributed by atoms with Crippen LogP contribution < -0.4 is 4.57 Å². The van der Waals surface area contributed by atoms with E-state index in [1.807, 2.05) is 66.7 Å². The van der Waals surface area contributed by atoms with Crippen LogP contribution in [-0.2, 0) is 6.54 Å². The summed E-state index contributed by atoms with van der Waals surface area (Å²) in [6.07, 6.45) is 8.26. The summed E-state index contributed by atoms with van der Waals surface area (Å²) in [5.74, 6) is 0.487. The minimum absolute atomic E-state index is 0.487. The van der Waals surface area contributed by atoms with Crippen molar-refractivity contribution in [1.29, 1.82) is 10.5 Å². The van der Waals surface area contributed by atoms with Crippen LogP contribution in [0.4, 0.5) is 0 Å². The molecule has 0 fully saturated rings. The van der Waals surface area contributed by atoms with Gasteiger partial charge in [-0.05, 0) is 53.6 Å². The lowest BCUT2D eigenvalue weighted by Crippen LogP contribution is -2.42. The highest BCUT2D eigenvalue weighted by Gasteiger charge is 2.14. The van der Waals surface area contributed by atoms with Gasteiger partial charge in [0, 0.05) is 30.2 Å². The van der Waals surface area contributed by atoms with Gasteiger partial charge in [0.05, 0.1) is 23.3 Å². The smallest absolute Gasteiger partial charge is 0.192 e. The molecule has 0 aliphatic heterocycles. The van der Waals surface area contributed by atoms with Crippen LogP contribution >= 0.6 is 0 Å². The Bertz CT molecular complexity index is 1090. The van der Waals surface area contributed by atoms with E-state index in [-0.39, 0.29) is 0 Å². The van der Waals surface area contributed by atoms with Crippen molar-refractivity contribution in [2.45, 2.75) is 20.4 Å². The maximum Gasteiger partial charge on any atom is 0.205 e. The van der Waals surface area contributed by atoms with E-state index >= 15 is 0 Å². The lowest BCUT2D eigenvalue weighted by atomic mass is 10.1. The Hall–Kier alpha value is -3.95. The van der Waals surface area contributed by atoms with Crippen molar-refractivity contribution in [3.05, 3.63) is 100 Å². The zero-order valence-corrected chi connectivity index (χ0v) is 17.3.